The molecule has 0 aliphatic carbocycles. The van der Waals surface area contributed by atoms with Crippen molar-refractivity contribution in [3.63, 3.8) is 0 Å². The molecule has 0 radical (unpaired) electrons. The number of aliphatic carboxylic acids is 1. The first-order valence-electron chi connectivity index (χ1n) is 9.35. The first-order valence-corrected chi connectivity index (χ1v) is 9.35. The Morgan fingerprint density at radius 1 is 1.03 bits per heavy atom. The minimum Gasteiger partial charge on any atom is -0.480 e. The zero-order valence-corrected chi connectivity index (χ0v) is 17.1. The summed E-state index contributed by atoms with van der Waals surface area (Å²) in [6.45, 7) is 5.13. The second-order valence-corrected chi connectivity index (χ2v) is 7.09. The zero-order valence-electron chi connectivity index (χ0n) is 17.1. The number of carboxylic acids is 1. The van der Waals surface area contributed by atoms with Crippen molar-refractivity contribution >= 4 is 29.7 Å². The van der Waals surface area contributed by atoms with E-state index >= 15 is 0 Å². The van der Waals surface area contributed by atoms with Crippen LogP contribution in [0.25, 0.3) is 0 Å². The quantitative estimate of drug-likeness (QED) is 0.0975. The summed E-state index contributed by atoms with van der Waals surface area (Å²) >= 11 is 0. The van der Waals surface area contributed by atoms with Crippen LogP contribution >= 0.6 is 0 Å². The summed E-state index contributed by atoms with van der Waals surface area (Å²) in [5.41, 5.74) is 16.1. The highest BCUT2D eigenvalue weighted by molar-refractivity contribution is 5.92. The molecular formula is C17H33N7O5. The van der Waals surface area contributed by atoms with Crippen molar-refractivity contribution in [1.29, 1.82) is 0 Å². The molecular weight excluding hydrogens is 382 g/mol. The van der Waals surface area contributed by atoms with Crippen LogP contribution in [-0.4, -0.2) is 66.0 Å². The van der Waals surface area contributed by atoms with E-state index in [4.69, 9.17) is 17.2 Å². The van der Waals surface area contributed by atoms with Gasteiger partial charge in [0.05, 0.1) is 12.6 Å². The van der Waals surface area contributed by atoms with Gasteiger partial charge in [-0.15, -0.1) is 0 Å². The number of hydrogen-bond acceptors (Lipinski definition) is 6. The first kappa shape index (κ1) is 26.1. The van der Waals surface area contributed by atoms with E-state index in [0.29, 0.717) is 12.8 Å². The lowest BCUT2D eigenvalue weighted by atomic mass is 10.0. The van der Waals surface area contributed by atoms with E-state index < -0.39 is 41.8 Å². The van der Waals surface area contributed by atoms with Crippen molar-refractivity contribution in [2.24, 2.45) is 28.1 Å². The molecule has 10 N–H and O–H groups in total. The molecule has 29 heavy (non-hydrogen) atoms. The molecule has 0 saturated heterocycles. The molecule has 0 fully saturated rings. The van der Waals surface area contributed by atoms with Gasteiger partial charge in [-0.3, -0.25) is 19.4 Å². The molecule has 12 nitrogen and oxygen atoms in total. The van der Waals surface area contributed by atoms with E-state index in [0.717, 1.165) is 0 Å². The van der Waals surface area contributed by atoms with E-state index in [1.54, 1.807) is 0 Å². The summed E-state index contributed by atoms with van der Waals surface area (Å²) in [4.78, 5) is 50.9. The number of carboxylic acid groups (broad SMARTS) is 1. The third kappa shape index (κ3) is 12.2. The fourth-order valence-corrected chi connectivity index (χ4v) is 2.33. The topological polar surface area (TPSA) is 215 Å². The highest BCUT2D eigenvalue weighted by atomic mass is 16.4. The van der Waals surface area contributed by atoms with Crippen molar-refractivity contribution in [3.8, 4) is 0 Å². The maximum Gasteiger partial charge on any atom is 0.326 e. The number of amides is 3. The summed E-state index contributed by atoms with van der Waals surface area (Å²) in [7, 11) is 0. The molecule has 0 aromatic rings. The number of nitrogens with two attached hydrogens (primary N) is 3. The van der Waals surface area contributed by atoms with Gasteiger partial charge in [-0.2, -0.15) is 0 Å². The summed E-state index contributed by atoms with van der Waals surface area (Å²) in [6, 6.07) is -2.87. The molecule has 0 spiro atoms. The van der Waals surface area contributed by atoms with Crippen LogP contribution < -0.4 is 33.2 Å². The standard InChI is InChI=1S/C17H33N7O5/c1-9(2)7-11(18)15(27)22-8-13(25)23-10(3)14(26)24-12(16(28)29)5-4-6-21-17(19)20/h9-12H,4-8,18H2,1-3H3,(H,22,27)(H,23,25)(H,24,26)(H,28,29)(H4,19,20,21). The summed E-state index contributed by atoms with van der Waals surface area (Å²) < 4.78 is 0. The molecule has 0 bridgehead atoms. The highest BCUT2D eigenvalue weighted by Crippen LogP contribution is 2.02. The van der Waals surface area contributed by atoms with Gasteiger partial charge in [-0.05, 0) is 32.1 Å². The molecule has 0 aromatic heterocycles. The van der Waals surface area contributed by atoms with E-state index in [1.165, 1.54) is 6.92 Å². The van der Waals surface area contributed by atoms with E-state index in [9.17, 15) is 24.3 Å². The van der Waals surface area contributed by atoms with Crippen molar-refractivity contribution in [1.82, 2.24) is 16.0 Å². The molecule has 3 atom stereocenters. The largest absolute Gasteiger partial charge is 0.480 e. The van der Waals surface area contributed by atoms with Crippen LogP contribution in [0.3, 0.4) is 0 Å². The van der Waals surface area contributed by atoms with Crippen molar-refractivity contribution in [2.45, 2.75) is 58.2 Å². The number of hydrogen-bond donors (Lipinski definition) is 7. The fraction of sp³-hybridized carbons (Fsp3) is 0.706. The van der Waals surface area contributed by atoms with Gasteiger partial charge < -0.3 is 38.3 Å². The normalized spacial score (nSPS) is 13.7. The number of aliphatic imine (C=N–C) groups is 1. The van der Waals surface area contributed by atoms with Gasteiger partial charge in [0.2, 0.25) is 17.7 Å². The number of guanidine groups is 1. The predicted octanol–water partition coefficient (Wildman–Crippen LogP) is -2.40. The number of carbonyl (C=O) groups is 4. The van der Waals surface area contributed by atoms with E-state index in [-0.39, 0.29) is 31.4 Å². The Bertz CT molecular complexity index is 605. The lowest BCUT2D eigenvalue weighted by Crippen LogP contribution is -2.52. The predicted molar refractivity (Wildman–Crippen MR) is 108 cm³/mol. The monoisotopic (exact) mass is 415 g/mol. The zero-order chi connectivity index (χ0) is 22.6. The second kappa shape index (κ2) is 13.3. The number of rotatable bonds is 13. The average Bonchev–Trinajstić information content (AvgIpc) is 2.60. The van der Waals surface area contributed by atoms with E-state index in [1.807, 2.05) is 13.8 Å². The smallest absolute Gasteiger partial charge is 0.326 e. The third-order valence-electron chi connectivity index (χ3n) is 3.82. The van der Waals surface area contributed by atoms with E-state index in [2.05, 4.69) is 20.9 Å². The second-order valence-electron chi connectivity index (χ2n) is 7.09. The van der Waals surface area contributed by atoms with Crippen LogP contribution in [0, 0.1) is 5.92 Å². The Morgan fingerprint density at radius 3 is 2.17 bits per heavy atom. The van der Waals surface area contributed by atoms with Crippen molar-refractivity contribution in [3.05, 3.63) is 0 Å². The van der Waals surface area contributed by atoms with Gasteiger partial charge >= 0.3 is 5.97 Å². The number of carbonyl (C=O) groups excluding carboxylic acids is 3. The molecule has 12 heteroatoms. The maximum atomic E-state index is 12.1. The Kier molecular flexibility index (Phi) is 12.0. The Morgan fingerprint density at radius 2 is 1.66 bits per heavy atom. The molecule has 0 aliphatic rings. The molecule has 0 heterocycles. The molecule has 3 unspecified atom stereocenters. The van der Waals surface area contributed by atoms with Gasteiger partial charge in [0.1, 0.15) is 12.1 Å². The van der Waals surface area contributed by atoms with Gasteiger partial charge in [0.15, 0.2) is 5.96 Å². The van der Waals surface area contributed by atoms with Crippen molar-refractivity contribution < 1.29 is 24.3 Å². The minimum absolute atomic E-state index is 0.102. The van der Waals surface area contributed by atoms with Gasteiger partial charge in [-0.25, -0.2) is 4.79 Å². The molecule has 166 valence electrons. The minimum atomic E-state index is -1.21. The SMILES string of the molecule is CC(C)CC(N)C(=O)NCC(=O)NC(C)C(=O)NC(CCCN=C(N)N)C(=O)O. The molecule has 0 aromatic carbocycles. The maximum absolute atomic E-state index is 12.1. The fourth-order valence-electron chi connectivity index (χ4n) is 2.33. The molecule has 0 rings (SSSR count). The van der Waals surface area contributed by atoms with Crippen molar-refractivity contribution in [2.75, 3.05) is 13.1 Å². The van der Waals surface area contributed by atoms with Crippen LogP contribution in [0.4, 0.5) is 0 Å². The molecule has 0 aliphatic heterocycles. The Hall–Kier alpha value is -2.89. The molecule has 0 saturated carbocycles. The van der Waals surface area contributed by atoms with Crippen LogP contribution in [0.2, 0.25) is 0 Å². The summed E-state index contributed by atoms with van der Waals surface area (Å²) in [5.74, 6) is -2.82. The van der Waals surface area contributed by atoms with Crippen LogP contribution in [0.5, 0.6) is 0 Å². The number of nitrogens with zero attached hydrogens (tertiary/aromatic N) is 1. The van der Waals surface area contributed by atoms with Crippen LogP contribution in [0.15, 0.2) is 4.99 Å². The van der Waals surface area contributed by atoms with Crippen LogP contribution in [0.1, 0.15) is 40.0 Å². The third-order valence-corrected chi connectivity index (χ3v) is 3.82. The van der Waals surface area contributed by atoms with Crippen LogP contribution in [-0.2, 0) is 19.2 Å². The lowest BCUT2D eigenvalue weighted by molar-refractivity contribution is -0.142. The summed E-state index contributed by atoms with van der Waals surface area (Å²) in [6.07, 6.45) is 0.937. The number of nitrogens with one attached hydrogen (secondary N) is 3. The van der Waals surface area contributed by atoms with Gasteiger partial charge in [0.25, 0.3) is 0 Å². The Labute approximate surface area is 170 Å². The van der Waals surface area contributed by atoms with Gasteiger partial charge in [0, 0.05) is 6.54 Å². The van der Waals surface area contributed by atoms with Gasteiger partial charge in [-0.1, -0.05) is 13.8 Å². The Balaban J connectivity index is 4.44. The highest BCUT2D eigenvalue weighted by Gasteiger charge is 2.24. The lowest BCUT2D eigenvalue weighted by Gasteiger charge is -2.19. The molecule has 3 amide bonds. The average molecular weight is 415 g/mol. The summed E-state index contributed by atoms with van der Waals surface area (Å²) in [5, 5.41) is 16.3. The first-order chi connectivity index (χ1) is 13.4.